The maximum atomic E-state index is 2.81. The Kier molecular flexibility index (Phi) is 2.66. The summed E-state index contributed by atoms with van der Waals surface area (Å²) in [5.41, 5.74) is 2.59. The average molecular weight is 236 g/mol. The van der Waals surface area contributed by atoms with Crippen LogP contribution >= 0.6 is 9.24 Å². The molecule has 0 saturated carbocycles. The molecule has 82 valence electrons. The summed E-state index contributed by atoms with van der Waals surface area (Å²) in [4.78, 5) is 0. The minimum atomic E-state index is 1.24. The number of rotatable bonds is 1. The molecule has 0 heterocycles. The van der Waals surface area contributed by atoms with Gasteiger partial charge in [0, 0.05) is 0 Å². The van der Waals surface area contributed by atoms with E-state index in [9.17, 15) is 0 Å². The second-order valence-corrected chi connectivity index (χ2v) is 4.74. The number of hydrogen-bond acceptors (Lipinski definition) is 0. The maximum Gasteiger partial charge on any atom is -0.00992 e. The van der Waals surface area contributed by atoms with Crippen molar-refractivity contribution >= 4 is 25.3 Å². The zero-order chi connectivity index (χ0) is 11.7. The van der Waals surface area contributed by atoms with Crippen LogP contribution in [0.2, 0.25) is 0 Å². The van der Waals surface area contributed by atoms with Crippen molar-refractivity contribution in [3.63, 3.8) is 0 Å². The third-order valence-electron chi connectivity index (χ3n) is 3.04. The van der Waals surface area contributed by atoms with E-state index >= 15 is 0 Å². The van der Waals surface area contributed by atoms with E-state index in [1.165, 1.54) is 27.2 Å². The van der Waals surface area contributed by atoms with Crippen LogP contribution in [0.1, 0.15) is 0 Å². The molecule has 3 aromatic rings. The van der Waals surface area contributed by atoms with Crippen molar-refractivity contribution in [2.45, 2.75) is 0 Å². The number of fused-ring (bicyclic) bond motifs is 1. The first-order valence-corrected chi connectivity index (χ1v) is 6.26. The lowest BCUT2D eigenvalue weighted by molar-refractivity contribution is 1.69. The Morgan fingerprint density at radius 3 is 2.12 bits per heavy atom. The lowest BCUT2D eigenvalue weighted by Crippen LogP contribution is -1.95. The second kappa shape index (κ2) is 4.31. The van der Waals surface area contributed by atoms with Gasteiger partial charge in [-0.1, -0.05) is 66.7 Å². The highest BCUT2D eigenvalue weighted by molar-refractivity contribution is 7.28. The third-order valence-corrected chi connectivity index (χ3v) is 3.54. The molecule has 17 heavy (non-hydrogen) atoms. The average Bonchev–Trinajstić information content (AvgIpc) is 2.39. The summed E-state index contributed by atoms with van der Waals surface area (Å²) in [6.45, 7) is 0. The molecule has 0 aliphatic heterocycles. The van der Waals surface area contributed by atoms with Crippen molar-refractivity contribution < 1.29 is 0 Å². The molecule has 0 bridgehead atoms. The van der Waals surface area contributed by atoms with Crippen LogP contribution < -0.4 is 5.30 Å². The molecule has 0 amide bonds. The van der Waals surface area contributed by atoms with Gasteiger partial charge in [0.05, 0.1) is 0 Å². The standard InChI is InChI=1S/C16H13P/c17-16-11-4-3-9-15(16)14-10-5-7-12-6-1-2-8-13(12)14/h1-11H,17H2. The van der Waals surface area contributed by atoms with Crippen LogP contribution in [0.5, 0.6) is 0 Å². The smallest absolute Gasteiger partial charge is 0.00992 e. The fourth-order valence-corrected chi connectivity index (χ4v) is 2.57. The largest absolute Gasteiger partial charge is 0.105 e. The van der Waals surface area contributed by atoms with E-state index < -0.39 is 0 Å². The summed E-state index contributed by atoms with van der Waals surface area (Å²) in [7, 11) is 2.81. The predicted octanol–water partition coefficient (Wildman–Crippen LogP) is 4.01. The van der Waals surface area contributed by atoms with Gasteiger partial charge in [0.15, 0.2) is 0 Å². The Morgan fingerprint density at radius 1 is 0.588 bits per heavy atom. The molecule has 1 heteroatoms. The van der Waals surface area contributed by atoms with Crippen molar-refractivity contribution in [1.82, 2.24) is 0 Å². The fourth-order valence-electron chi connectivity index (χ4n) is 2.20. The molecule has 0 nitrogen and oxygen atoms in total. The zero-order valence-corrected chi connectivity index (χ0v) is 10.6. The predicted molar refractivity (Wildman–Crippen MR) is 78.7 cm³/mol. The summed E-state index contributed by atoms with van der Waals surface area (Å²) in [6, 6.07) is 23.4. The van der Waals surface area contributed by atoms with Gasteiger partial charge in [-0.2, -0.15) is 0 Å². The second-order valence-electron chi connectivity index (χ2n) is 4.11. The van der Waals surface area contributed by atoms with Crippen LogP contribution in [0.4, 0.5) is 0 Å². The van der Waals surface area contributed by atoms with Crippen LogP contribution in [-0.4, -0.2) is 0 Å². The highest BCUT2D eigenvalue weighted by Crippen LogP contribution is 2.27. The molecular weight excluding hydrogens is 223 g/mol. The number of hydrogen-bond donors (Lipinski definition) is 0. The molecule has 3 aromatic carbocycles. The molecule has 1 atom stereocenters. The molecule has 0 spiro atoms. The summed E-state index contributed by atoms with van der Waals surface area (Å²) in [5, 5.41) is 3.84. The van der Waals surface area contributed by atoms with Crippen LogP contribution in [0, 0.1) is 0 Å². The van der Waals surface area contributed by atoms with Crippen LogP contribution in [-0.2, 0) is 0 Å². The fraction of sp³-hybridized carbons (Fsp3) is 0. The van der Waals surface area contributed by atoms with Gasteiger partial charge in [0.25, 0.3) is 0 Å². The van der Waals surface area contributed by atoms with E-state index in [1.807, 2.05) is 0 Å². The molecule has 0 N–H and O–H groups in total. The summed E-state index contributed by atoms with van der Waals surface area (Å²) >= 11 is 0. The van der Waals surface area contributed by atoms with Crippen LogP contribution in [0.3, 0.4) is 0 Å². The molecular formula is C16H13P. The molecule has 0 aliphatic carbocycles. The van der Waals surface area contributed by atoms with Crippen molar-refractivity contribution in [1.29, 1.82) is 0 Å². The molecule has 1 unspecified atom stereocenters. The number of benzene rings is 3. The van der Waals surface area contributed by atoms with E-state index in [0.29, 0.717) is 0 Å². The van der Waals surface area contributed by atoms with E-state index in [0.717, 1.165) is 0 Å². The first-order valence-electron chi connectivity index (χ1n) is 5.69. The Bertz CT molecular complexity index is 666. The molecule has 0 aliphatic rings. The Hall–Kier alpha value is -1.65. The molecule has 0 radical (unpaired) electrons. The monoisotopic (exact) mass is 236 g/mol. The van der Waals surface area contributed by atoms with E-state index in [2.05, 4.69) is 76.0 Å². The quantitative estimate of drug-likeness (QED) is 0.560. The SMILES string of the molecule is Pc1ccccc1-c1cccc2ccccc12. The van der Waals surface area contributed by atoms with Gasteiger partial charge < -0.3 is 0 Å². The van der Waals surface area contributed by atoms with Crippen molar-refractivity contribution in [2.24, 2.45) is 0 Å². The van der Waals surface area contributed by atoms with Gasteiger partial charge in [-0.25, -0.2) is 0 Å². The normalized spacial score (nSPS) is 10.6. The van der Waals surface area contributed by atoms with Gasteiger partial charge in [-0.05, 0) is 27.2 Å². The minimum Gasteiger partial charge on any atom is -0.105 e. The van der Waals surface area contributed by atoms with Crippen molar-refractivity contribution in [3.05, 3.63) is 66.7 Å². The van der Waals surface area contributed by atoms with Crippen molar-refractivity contribution in [2.75, 3.05) is 0 Å². The summed E-state index contributed by atoms with van der Waals surface area (Å²) in [6.07, 6.45) is 0. The van der Waals surface area contributed by atoms with E-state index in [4.69, 9.17) is 0 Å². The molecule has 3 rings (SSSR count). The van der Waals surface area contributed by atoms with Gasteiger partial charge in [0.2, 0.25) is 0 Å². The van der Waals surface area contributed by atoms with Crippen molar-refractivity contribution in [3.8, 4) is 11.1 Å². The van der Waals surface area contributed by atoms with E-state index in [1.54, 1.807) is 0 Å². The van der Waals surface area contributed by atoms with Gasteiger partial charge >= 0.3 is 0 Å². The lowest BCUT2D eigenvalue weighted by Gasteiger charge is -2.09. The Morgan fingerprint density at radius 2 is 1.24 bits per heavy atom. The van der Waals surface area contributed by atoms with Gasteiger partial charge in [-0.15, -0.1) is 9.24 Å². The lowest BCUT2D eigenvalue weighted by atomic mass is 9.98. The van der Waals surface area contributed by atoms with Gasteiger partial charge in [-0.3, -0.25) is 0 Å². The first-order chi connectivity index (χ1) is 8.36. The molecule has 0 aromatic heterocycles. The minimum absolute atomic E-state index is 1.24. The summed E-state index contributed by atoms with van der Waals surface area (Å²) in [5.74, 6) is 0. The van der Waals surface area contributed by atoms with Crippen LogP contribution in [0.25, 0.3) is 21.9 Å². The zero-order valence-electron chi connectivity index (χ0n) is 9.43. The third kappa shape index (κ3) is 1.85. The maximum absolute atomic E-state index is 2.81. The first kappa shape index (κ1) is 10.5. The van der Waals surface area contributed by atoms with Crippen LogP contribution in [0.15, 0.2) is 66.7 Å². The molecule has 0 fully saturated rings. The topological polar surface area (TPSA) is 0 Å². The highest BCUT2D eigenvalue weighted by atomic mass is 31.0. The summed E-state index contributed by atoms with van der Waals surface area (Å²) < 4.78 is 0. The highest BCUT2D eigenvalue weighted by Gasteiger charge is 2.04. The van der Waals surface area contributed by atoms with Gasteiger partial charge in [0.1, 0.15) is 0 Å². The molecule has 0 saturated heterocycles. The Balaban J connectivity index is 2.35. The van der Waals surface area contributed by atoms with E-state index in [-0.39, 0.29) is 0 Å². The Labute approximate surface area is 104 Å².